The Morgan fingerprint density at radius 1 is 0.912 bits per heavy atom. The lowest BCUT2D eigenvalue weighted by atomic mass is 10.0. The molecule has 1 fully saturated rings. The van der Waals surface area contributed by atoms with E-state index in [2.05, 4.69) is 20.4 Å². The van der Waals surface area contributed by atoms with Crippen molar-refractivity contribution in [3.8, 4) is 22.5 Å². The predicted molar refractivity (Wildman–Crippen MR) is 122 cm³/mol. The fourth-order valence-electron chi connectivity index (χ4n) is 4.00. The van der Waals surface area contributed by atoms with Gasteiger partial charge in [-0.05, 0) is 61.4 Å². The van der Waals surface area contributed by atoms with Crippen LogP contribution >= 0.6 is 0 Å². The average molecular weight is 461 g/mol. The average Bonchev–Trinajstić information content (AvgIpc) is 3.41. The molecule has 1 saturated heterocycles. The Balaban J connectivity index is 1.37. The van der Waals surface area contributed by atoms with Crippen molar-refractivity contribution in [2.24, 2.45) is 0 Å². The molecule has 0 spiro atoms. The van der Waals surface area contributed by atoms with Gasteiger partial charge < -0.3 is 14.7 Å². The fraction of sp³-hybridized carbons (Fsp3) is 0.200. The topological polar surface area (TPSA) is 84.2 Å². The zero-order valence-electron chi connectivity index (χ0n) is 18.1. The Hall–Kier alpha value is -4.14. The van der Waals surface area contributed by atoms with Gasteiger partial charge in [-0.3, -0.25) is 9.78 Å². The van der Waals surface area contributed by atoms with Gasteiger partial charge in [0.15, 0.2) is 0 Å². The van der Waals surface area contributed by atoms with Crippen LogP contribution in [0.1, 0.15) is 23.4 Å². The first-order chi connectivity index (χ1) is 16.6. The summed E-state index contributed by atoms with van der Waals surface area (Å²) in [7, 11) is 0. The second kappa shape index (κ2) is 9.38. The highest BCUT2D eigenvalue weighted by atomic mass is 19.1. The van der Waals surface area contributed by atoms with Gasteiger partial charge in [0.25, 0.3) is 5.91 Å². The Morgan fingerprint density at radius 3 is 2.12 bits per heavy atom. The number of carbonyl (C=O) groups excluding carboxylic acids is 1. The van der Waals surface area contributed by atoms with E-state index in [1.807, 2.05) is 0 Å². The van der Waals surface area contributed by atoms with E-state index in [9.17, 15) is 13.6 Å². The molecule has 3 heterocycles. The number of carbonyl (C=O) groups is 1. The number of benzene rings is 2. The zero-order chi connectivity index (χ0) is 23.5. The number of hydrogen-bond donors (Lipinski definition) is 1. The summed E-state index contributed by atoms with van der Waals surface area (Å²) in [4.78, 5) is 23.8. The normalized spacial score (nSPS) is 14.2. The molecule has 0 radical (unpaired) electrons. The number of nitrogens with zero attached hydrogens (tertiary/aromatic N) is 4. The number of rotatable bonds is 5. The molecule has 4 aromatic rings. The highest BCUT2D eigenvalue weighted by Crippen LogP contribution is 2.31. The van der Waals surface area contributed by atoms with Gasteiger partial charge in [0, 0.05) is 36.3 Å². The largest absolute Gasteiger partial charge is 0.355 e. The number of amides is 1. The number of piperidine rings is 1. The van der Waals surface area contributed by atoms with Crippen molar-refractivity contribution in [2.45, 2.75) is 18.9 Å². The van der Waals surface area contributed by atoms with Crippen LogP contribution < -0.4 is 10.2 Å². The van der Waals surface area contributed by atoms with Crippen molar-refractivity contribution in [2.75, 3.05) is 18.0 Å². The van der Waals surface area contributed by atoms with Crippen LogP contribution in [0.3, 0.4) is 0 Å². The predicted octanol–water partition coefficient (Wildman–Crippen LogP) is 4.48. The fourth-order valence-corrected chi connectivity index (χ4v) is 4.00. The van der Waals surface area contributed by atoms with Crippen LogP contribution in [0.25, 0.3) is 22.5 Å². The lowest BCUT2D eigenvalue weighted by Gasteiger charge is -2.33. The van der Waals surface area contributed by atoms with Crippen molar-refractivity contribution in [1.82, 2.24) is 20.4 Å². The lowest BCUT2D eigenvalue weighted by molar-refractivity contribution is 0.0893. The summed E-state index contributed by atoms with van der Waals surface area (Å²) in [5, 5.41) is 6.53. The molecule has 2 aromatic heterocycles. The summed E-state index contributed by atoms with van der Waals surface area (Å²) in [5.41, 5.74) is 2.60. The van der Waals surface area contributed by atoms with Gasteiger partial charge >= 0.3 is 0 Å². The van der Waals surface area contributed by atoms with Gasteiger partial charge in [-0.2, -0.15) is 0 Å². The molecule has 0 bridgehead atoms. The second-order valence-electron chi connectivity index (χ2n) is 8.05. The monoisotopic (exact) mass is 461 g/mol. The number of aromatic nitrogens is 3. The molecule has 7 nitrogen and oxygen atoms in total. The van der Waals surface area contributed by atoms with Gasteiger partial charge in [-0.15, -0.1) is 0 Å². The molecule has 172 valence electrons. The van der Waals surface area contributed by atoms with Gasteiger partial charge in [0.05, 0.1) is 23.8 Å². The summed E-state index contributed by atoms with van der Waals surface area (Å²) in [6, 6.07) is 13.6. The first kappa shape index (κ1) is 21.7. The quantitative estimate of drug-likeness (QED) is 0.472. The minimum atomic E-state index is -0.342. The summed E-state index contributed by atoms with van der Waals surface area (Å²) >= 11 is 0. The van der Waals surface area contributed by atoms with E-state index in [1.54, 1.807) is 30.5 Å². The first-order valence-electron chi connectivity index (χ1n) is 10.9. The van der Waals surface area contributed by atoms with Crippen molar-refractivity contribution in [3.63, 3.8) is 0 Å². The van der Waals surface area contributed by atoms with E-state index in [0.29, 0.717) is 41.4 Å². The molecule has 0 atom stereocenters. The number of nitrogens with one attached hydrogen (secondary N) is 1. The molecule has 5 rings (SSSR count). The van der Waals surface area contributed by atoms with Gasteiger partial charge in [0.2, 0.25) is 5.76 Å². The molecule has 0 aliphatic carbocycles. The maximum Gasteiger partial charge on any atom is 0.290 e. The molecule has 1 N–H and O–H groups in total. The van der Waals surface area contributed by atoms with Crippen LogP contribution in [0.2, 0.25) is 0 Å². The molecule has 1 amide bonds. The molecule has 0 unspecified atom stereocenters. The van der Waals surface area contributed by atoms with Gasteiger partial charge in [-0.25, -0.2) is 13.8 Å². The van der Waals surface area contributed by atoms with Crippen LogP contribution in [-0.4, -0.2) is 40.2 Å². The maximum absolute atomic E-state index is 13.5. The lowest BCUT2D eigenvalue weighted by Crippen LogP contribution is -2.45. The van der Waals surface area contributed by atoms with Crippen molar-refractivity contribution >= 4 is 11.7 Å². The van der Waals surface area contributed by atoms with E-state index in [1.165, 1.54) is 36.5 Å². The van der Waals surface area contributed by atoms with E-state index >= 15 is 0 Å². The molecular weight excluding hydrogens is 440 g/mol. The molecule has 2 aromatic carbocycles. The zero-order valence-corrected chi connectivity index (χ0v) is 18.1. The molecule has 1 aliphatic rings. The van der Waals surface area contributed by atoms with Crippen LogP contribution in [0.15, 0.2) is 71.5 Å². The minimum Gasteiger partial charge on any atom is -0.355 e. The molecule has 9 heteroatoms. The van der Waals surface area contributed by atoms with E-state index < -0.39 is 0 Å². The molecular formula is C25H21F2N5O2. The van der Waals surface area contributed by atoms with Gasteiger partial charge in [-0.1, -0.05) is 5.16 Å². The highest BCUT2D eigenvalue weighted by molar-refractivity contribution is 5.91. The molecule has 0 saturated carbocycles. The Kier molecular flexibility index (Phi) is 5.99. The molecule has 1 aliphatic heterocycles. The maximum atomic E-state index is 13.5. The standard InChI is InChI=1S/C25H21F2N5O2/c26-18-5-1-16(2-6-18)23-24(17-3-7-19(27)8-4-17)31-22(15-28-23)32-13-10-20(11-14-32)30-25(33)21-9-12-29-34-21/h1-9,12,15,20H,10-11,13-14H2,(H,30,33). The SMILES string of the molecule is O=C(NC1CCN(c2cnc(-c3ccc(F)cc3)c(-c3ccc(F)cc3)n2)CC1)c1ccno1. The van der Waals surface area contributed by atoms with E-state index in [4.69, 9.17) is 9.51 Å². The minimum absolute atomic E-state index is 0.0110. The van der Waals surface area contributed by atoms with Crippen molar-refractivity contribution in [1.29, 1.82) is 0 Å². The van der Waals surface area contributed by atoms with E-state index in [-0.39, 0.29) is 29.3 Å². The third kappa shape index (κ3) is 4.63. The highest BCUT2D eigenvalue weighted by Gasteiger charge is 2.24. The van der Waals surface area contributed by atoms with Crippen molar-refractivity contribution in [3.05, 3.63) is 84.4 Å². The first-order valence-corrected chi connectivity index (χ1v) is 10.9. The van der Waals surface area contributed by atoms with Crippen LogP contribution in [0.4, 0.5) is 14.6 Å². The third-order valence-electron chi connectivity index (χ3n) is 5.81. The summed E-state index contributed by atoms with van der Waals surface area (Å²) in [5.74, 6) is -0.0858. The van der Waals surface area contributed by atoms with Crippen molar-refractivity contribution < 1.29 is 18.1 Å². The third-order valence-corrected chi connectivity index (χ3v) is 5.81. The van der Waals surface area contributed by atoms with Crippen LogP contribution in [0, 0.1) is 11.6 Å². The van der Waals surface area contributed by atoms with Crippen LogP contribution in [-0.2, 0) is 0 Å². The van der Waals surface area contributed by atoms with E-state index in [0.717, 1.165) is 12.8 Å². The number of hydrogen-bond acceptors (Lipinski definition) is 6. The van der Waals surface area contributed by atoms with Crippen LogP contribution in [0.5, 0.6) is 0 Å². The number of anilines is 1. The Morgan fingerprint density at radius 2 is 1.53 bits per heavy atom. The number of halogens is 2. The molecule has 34 heavy (non-hydrogen) atoms. The summed E-state index contributed by atoms with van der Waals surface area (Å²) < 4.78 is 31.9. The smallest absolute Gasteiger partial charge is 0.290 e. The van der Waals surface area contributed by atoms with Gasteiger partial charge in [0.1, 0.15) is 17.5 Å². The summed E-state index contributed by atoms with van der Waals surface area (Å²) in [6.45, 7) is 1.35. The Bertz CT molecular complexity index is 1270. The summed E-state index contributed by atoms with van der Waals surface area (Å²) in [6.07, 6.45) is 4.59. The second-order valence-corrected chi connectivity index (χ2v) is 8.05. The Labute approximate surface area is 194 Å².